The van der Waals surface area contributed by atoms with Crippen molar-refractivity contribution in [2.75, 3.05) is 18.1 Å². The van der Waals surface area contributed by atoms with E-state index in [9.17, 15) is 22.8 Å². The Kier molecular flexibility index (Phi) is 6.82. The number of hydrogen-bond acceptors (Lipinski definition) is 6. The number of benzene rings is 1. The molecular weight excluding hydrogens is 486 g/mol. The predicted octanol–water partition coefficient (Wildman–Crippen LogP) is 3.61. The third-order valence-electron chi connectivity index (χ3n) is 6.38. The van der Waals surface area contributed by atoms with E-state index in [0.717, 1.165) is 25.7 Å². The number of halogens is 4. The van der Waals surface area contributed by atoms with Gasteiger partial charge in [-0.1, -0.05) is 12.2 Å². The lowest BCUT2D eigenvalue weighted by molar-refractivity contribution is -0.192. The van der Waals surface area contributed by atoms with E-state index in [1.807, 2.05) is 16.7 Å². The molecule has 0 radical (unpaired) electrons. The van der Waals surface area contributed by atoms with Gasteiger partial charge in [-0.3, -0.25) is 4.79 Å². The number of carboxylic acids is 1. The molecule has 2 atom stereocenters. The third kappa shape index (κ3) is 4.81. The normalized spacial score (nSPS) is 20.8. The van der Waals surface area contributed by atoms with Gasteiger partial charge in [0.05, 0.1) is 23.2 Å². The zero-order valence-corrected chi connectivity index (χ0v) is 19.3. The first-order chi connectivity index (χ1) is 16.9. The maximum Gasteiger partial charge on any atom is 0.490 e. The summed E-state index contributed by atoms with van der Waals surface area (Å²) in [4.78, 5) is 36.4. The highest BCUT2D eigenvalue weighted by atomic mass is 19.4. The van der Waals surface area contributed by atoms with Crippen LogP contribution in [0.25, 0.3) is 17.0 Å². The number of anilines is 1. The Morgan fingerprint density at radius 3 is 2.50 bits per heavy atom. The lowest BCUT2D eigenvalue weighted by atomic mass is 10.0. The first-order valence-corrected chi connectivity index (χ1v) is 11.5. The largest absolute Gasteiger partial charge is 0.490 e. The van der Waals surface area contributed by atoms with Crippen LogP contribution in [0.1, 0.15) is 54.6 Å². The minimum Gasteiger partial charge on any atom is -0.475 e. The van der Waals surface area contributed by atoms with Crippen molar-refractivity contribution in [2.45, 2.75) is 56.9 Å². The number of carboxylic acid groups (broad SMARTS) is 1. The SMILES string of the molecule is CCOC(=O)c1cn(C2CC2)c2c3c(c(F)cc2c1=O)N1C[C@H](N)C[C@@H]1CC=C3.O=C(O)C(F)(F)F. The molecule has 12 heteroatoms. The number of pyridine rings is 1. The lowest BCUT2D eigenvalue weighted by Crippen LogP contribution is -2.31. The van der Waals surface area contributed by atoms with E-state index < -0.39 is 29.4 Å². The van der Waals surface area contributed by atoms with E-state index >= 15 is 4.39 Å². The van der Waals surface area contributed by atoms with Crippen LogP contribution in [0.3, 0.4) is 0 Å². The quantitative estimate of drug-likeness (QED) is 0.478. The van der Waals surface area contributed by atoms with E-state index in [2.05, 4.69) is 4.90 Å². The van der Waals surface area contributed by atoms with Crippen LogP contribution in [0.15, 0.2) is 23.1 Å². The van der Waals surface area contributed by atoms with Gasteiger partial charge in [-0.25, -0.2) is 14.0 Å². The Balaban J connectivity index is 0.000000384. The van der Waals surface area contributed by atoms with Crippen LogP contribution in [0.5, 0.6) is 0 Å². The molecule has 2 aliphatic heterocycles. The molecule has 0 spiro atoms. The lowest BCUT2D eigenvalue weighted by Gasteiger charge is -2.27. The highest BCUT2D eigenvalue weighted by Crippen LogP contribution is 2.43. The number of nitrogens with zero attached hydrogens (tertiary/aromatic N) is 2. The maximum atomic E-state index is 15.4. The van der Waals surface area contributed by atoms with Gasteiger partial charge >= 0.3 is 18.1 Å². The Bertz CT molecular complexity index is 1300. The molecule has 194 valence electrons. The van der Waals surface area contributed by atoms with E-state index in [1.165, 1.54) is 6.07 Å². The average Bonchev–Trinajstić information content (AvgIpc) is 3.59. The summed E-state index contributed by atoms with van der Waals surface area (Å²) < 4.78 is 54.1. The first kappa shape index (κ1) is 25.7. The van der Waals surface area contributed by atoms with E-state index in [4.69, 9.17) is 20.4 Å². The van der Waals surface area contributed by atoms with E-state index in [0.29, 0.717) is 23.3 Å². The van der Waals surface area contributed by atoms with Gasteiger partial charge in [0, 0.05) is 36.4 Å². The number of aromatic nitrogens is 1. The Hall–Kier alpha value is -3.41. The van der Waals surface area contributed by atoms with Crippen molar-refractivity contribution in [3.63, 3.8) is 0 Å². The molecule has 1 aliphatic carbocycles. The second-order valence-corrected chi connectivity index (χ2v) is 8.99. The molecule has 8 nitrogen and oxygen atoms in total. The molecule has 1 aromatic heterocycles. The number of aliphatic carboxylic acids is 1. The molecule has 0 bridgehead atoms. The molecule has 1 saturated carbocycles. The number of hydrogen-bond donors (Lipinski definition) is 2. The van der Waals surface area contributed by atoms with Crippen LogP contribution in [-0.2, 0) is 9.53 Å². The molecular formula is C24H25F4N3O5. The second kappa shape index (κ2) is 9.57. The number of carbonyl (C=O) groups excluding carboxylic acids is 1. The van der Waals surface area contributed by atoms with Gasteiger partial charge in [-0.05, 0) is 38.7 Å². The summed E-state index contributed by atoms with van der Waals surface area (Å²) in [5.41, 5.74) is 7.56. The fourth-order valence-electron chi connectivity index (χ4n) is 4.75. The van der Waals surface area contributed by atoms with Crippen LogP contribution < -0.4 is 16.1 Å². The number of rotatable bonds is 3. The topological polar surface area (TPSA) is 115 Å². The summed E-state index contributed by atoms with van der Waals surface area (Å²) in [7, 11) is 0. The number of alkyl halides is 3. The summed E-state index contributed by atoms with van der Waals surface area (Å²) in [5, 5.41) is 7.35. The van der Waals surface area contributed by atoms with Gasteiger partial charge in [0.25, 0.3) is 0 Å². The van der Waals surface area contributed by atoms with Gasteiger partial charge in [0.2, 0.25) is 5.43 Å². The van der Waals surface area contributed by atoms with Gasteiger partial charge in [0.15, 0.2) is 0 Å². The van der Waals surface area contributed by atoms with Crippen LogP contribution in [0, 0.1) is 5.82 Å². The van der Waals surface area contributed by atoms with Crippen molar-refractivity contribution in [3.05, 3.63) is 45.5 Å². The molecule has 1 aromatic carbocycles. The predicted molar refractivity (Wildman–Crippen MR) is 123 cm³/mol. The molecule has 5 rings (SSSR count). The van der Waals surface area contributed by atoms with Crippen LogP contribution >= 0.6 is 0 Å². The summed E-state index contributed by atoms with van der Waals surface area (Å²) in [6.45, 7) is 2.47. The summed E-state index contributed by atoms with van der Waals surface area (Å²) in [5.74, 6) is -3.86. The van der Waals surface area contributed by atoms with Crippen molar-refractivity contribution in [1.29, 1.82) is 0 Å². The Morgan fingerprint density at radius 2 is 1.92 bits per heavy atom. The number of ether oxygens (including phenoxy) is 1. The highest BCUT2D eigenvalue weighted by Gasteiger charge is 2.38. The first-order valence-electron chi connectivity index (χ1n) is 11.5. The number of carbonyl (C=O) groups is 2. The molecule has 0 unspecified atom stereocenters. The van der Waals surface area contributed by atoms with Crippen LogP contribution in [0.2, 0.25) is 0 Å². The molecule has 0 amide bonds. The fraction of sp³-hybridized carbons (Fsp3) is 0.458. The Labute approximate surface area is 202 Å². The van der Waals surface area contributed by atoms with Crippen molar-refractivity contribution in [2.24, 2.45) is 5.73 Å². The standard InChI is InChI=1S/C22H24FN3O3.C2HF3O2/c1-2-29-22(28)17-11-26(13-6-7-13)19-15-5-3-4-14-8-12(24)10-25(14)20(15)18(23)9-16(19)21(17)27;3-2(4,5)1(6)7/h3,5,9,11-14H,2,4,6-8,10,24H2,1H3;(H,6,7)/t12-,14+;/m1./s1. The van der Waals surface area contributed by atoms with Gasteiger partial charge < -0.3 is 25.0 Å². The van der Waals surface area contributed by atoms with Crippen molar-refractivity contribution >= 4 is 34.6 Å². The molecule has 2 aromatic rings. The Morgan fingerprint density at radius 1 is 1.25 bits per heavy atom. The summed E-state index contributed by atoms with van der Waals surface area (Å²) in [6, 6.07) is 1.66. The second-order valence-electron chi connectivity index (χ2n) is 8.99. The smallest absolute Gasteiger partial charge is 0.475 e. The van der Waals surface area contributed by atoms with Crippen molar-refractivity contribution in [3.8, 4) is 0 Å². The molecule has 2 fully saturated rings. The molecule has 3 heterocycles. The third-order valence-corrected chi connectivity index (χ3v) is 6.38. The highest BCUT2D eigenvalue weighted by molar-refractivity contribution is 5.99. The van der Waals surface area contributed by atoms with Crippen LogP contribution in [0.4, 0.5) is 23.2 Å². The molecule has 3 aliphatic rings. The van der Waals surface area contributed by atoms with E-state index in [-0.39, 0.29) is 35.7 Å². The number of nitrogens with two attached hydrogens (primary N) is 1. The fourth-order valence-corrected chi connectivity index (χ4v) is 4.75. The van der Waals surface area contributed by atoms with Gasteiger partial charge in [-0.15, -0.1) is 0 Å². The van der Waals surface area contributed by atoms with Crippen LogP contribution in [-0.4, -0.2) is 53.0 Å². The average molecular weight is 511 g/mol. The maximum absolute atomic E-state index is 15.4. The number of fused-ring (bicyclic) bond motifs is 5. The van der Waals surface area contributed by atoms with E-state index in [1.54, 1.807) is 13.1 Å². The molecule has 3 N–H and O–H groups in total. The monoisotopic (exact) mass is 511 g/mol. The zero-order valence-electron chi connectivity index (χ0n) is 19.3. The van der Waals surface area contributed by atoms with Crippen molar-refractivity contribution < 1.29 is 37.0 Å². The summed E-state index contributed by atoms with van der Waals surface area (Å²) in [6.07, 6.45) is 4.02. The molecule has 1 saturated heterocycles. The van der Waals surface area contributed by atoms with Gasteiger partial charge in [0.1, 0.15) is 11.4 Å². The minimum atomic E-state index is -5.08. The molecule has 36 heavy (non-hydrogen) atoms. The minimum absolute atomic E-state index is 0.00580. The van der Waals surface area contributed by atoms with Crippen molar-refractivity contribution in [1.82, 2.24) is 4.57 Å². The number of esters is 1. The zero-order chi connectivity index (χ0) is 26.4. The summed E-state index contributed by atoms with van der Waals surface area (Å²) >= 11 is 0. The van der Waals surface area contributed by atoms with Gasteiger partial charge in [-0.2, -0.15) is 13.2 Å².